The number of furan rings is 1. The molecular weight excluding hydrogens is 294 g/mol. The van der Waals surface area contributed by atoms with E-state index in [9.17, 15) is 0 Å². The minimum Gasteiger partial charge on any atom is -0.462 e. The van der Waals surface area contributed by atoms with Gasteiger partial charge in [0.25, 0.3) is 0 Å². The number of rotatable bonds is 4. The van der Waals surface area contributed by atoms with Crippen molar-refractivity contribution < 1.29 is 4.42 Å². The second-order valence-corrected chi connectivity index (χ2v) is 6.49. The summed E-state index contributed by atoms with van der Waals surface area (Å²) in [5.41, 5.74) is 2.47. The van der Waals surface area contributed by atoms with Crippen molar-refractivity contribution in [1.29, 1.82) is 0 Å². The number of hydrogen-bond acceptors (Lipinski definition) is 5. The Morgan fingerprint density at radius 1 is 1.32 bits per heavy atom. The van der Waals surface area contributed by atoms with Crippen molar-refractivity contribution in [2.24, 2.45) is 0 Å². The highest BCUT2D eigenvalue weighted by atomic mass is 32.1. The van der Waals surface area contributed by atoms with E-state index in [0.29, 0.717) is 5.92 Å². The van der Waals surface area contributed by atoms with Crippen molar-refractivity contribution in [2.75, 3.05) is 13.1 Å². The lowest BCUT2D eigenvalue weighted by Gasteiger charge is -2.14. The van der Waals surface area contributed by atoms with Crippen LogP contribution in [-0.2, 0) is 6.54 Å². The molecule has 1 aliphatic heterocycles. The second kappa shape index (κ2) is 6.02. The first-order valence-corrected chi connectivity index (χ1v) is 8.37. The van der Waals surface area contributed by atoms with Gasteiger partial charge in [0, 0.05) is 30.9 Å². The van der Waals surface area contributed by atoms with Crippen molar-refractivity contribution in [3.05, 3.63) is 59.6 Å². The van der Waals surface area contributed by atoms with E-state index >= 15 is 0 Å². The highest BCUT2D eigenvalue weighted by Gasteiger charge is 2.24. The van der Waals surface area contributed by atoms with E-state index in [1.165, 1.54) is 12.0 Å². The van der Waals surface area contributed by atoms with E-state index in [2.05, 4.69) is 26.3 Å². The van der Waals surface area contributed by atoms with Crippen LogP contribution in [0.25, 0.3) is 10.8 Å². The molecule has 0 N–H and O–H groups in total. The fraction of sp³-hybridized carbons (Fsp3) is 0.294. The van der Waals surface area contributed by atoms with Gasteiger partial charge in [-0.3, -0.25) is 9.88 Å². The third-order valence-electron chi connectivity index (χ3n) is 4.10. The summed E-state index contributed by atoms with van der Waals surface area (Å²) in [4.78, 5) is 11.4. The zero-order valence-corrected chi connectivity index (χ0v) is 13.0. The van der Waals surface area contributed by atoms with Gasteiger partial charge in [-0.25, -0.2) is 4.98 Å². The summed E-state index contributed by atoms with van der Waals surface area (Å²) < 4.78 is 5.41. The summed E-state index contributed by atoms with van der Waals surface area (Å²) in [5, 5.41) is 3.10. The van der Waals surface area contributed by atoms with Gasteiger partial charge in [-0.1, -0.05) is 6.07 Å². The predicted octanol–water partition coefficient (Wildman–Crippen LogP) is 3.79. The monoisotopic (exact) mass is 311 g/mol. The van der Waals surface area contributed by atoms with Crippen LogP contribution in [0.5, 0.6) is 0 Å². The Labute approximate surface area is 133 Å². The Kier molecular flexibility index (Phi) is 3.74. The van der Waals surface area contributed by atoms with E-state index < -0.39 is 0 Å². The van der Waals surface area contributed by atoms with Gasteiger partial charge in [0.2, 0.25) is 0 Å². The maximum absolute atomic E-state index is 5.41. The minimum absolute atomic E-state index is 0.594. The van der Waals surface area contributed by atoms with Crippen LogP contribution in [0.15, 0.2) is 52.7 Å². The van der Waals surface area contributed by atoms with Gasteiger partial charge < -0.3 is 4.42 Å². The number of nitrogens with zero attached hydrogens (tertiary/aromatic N) is 3. The SMILES string of the molecule is c1cncc(C2CCN(Cc3csc(-c4ccco4)n3)C2)c1. The molecular formula is C17H17N3OS. The lowest BCUT2D eigenvalue weighted by atomic mass is 10.0. The fourth-order valence-corrected chi connectivity index (χ4v) is 3.77. The molecule has 0 aromatic carbocycles. The fourth-order valence-electron chi connectivity index (χ4n) is 2.99. The molecule has 0 radical (unpaired) electrons. The average molecular weight is 311 g/mol. The quantitative estimate of drug-likeness (QED) is 0.735. The standard InChI is InChI=1S/C17H17N3OS/c1-3-13(9-18-6-1)14-5-7-20(10-14)11-15-12-22-17(19-15)16-4-2-8-21-16/h1-4,6,8-9,12,14H,5,7,10-11H2. The Hall–Kier alpha value is -1.98. The first kappa shape index (κ1) is 13.7. The van der Waals surface area contributed by atoms with Crippen molar-refractivity contribution >= 4 is 11.3 Å². The molecule has 0 saturated carbocycles. The molecule has 1 unspecified atom stereocenters. The van der Waals surface area contributed by atoms with E-state index in [4.69, 9.17) is 4.42 Å². The van der Waals surface area contributed by atoms with Gasteiger partial charge in [0.1, 0.15) is 0 Å². The maximum Gasteiger partial charge on any atom is 0.162 e. The molecule has 1 fully saturated rings. The molecule has 3 aromatic rings. The topological polar surface area (TPSA) is 42.2 Å². The van der Waals surface area contributed by atoms with E-state index in [1.807, 2.05) is 30.6 Å². The molecule has 3 aromatic heterocycles. The molecule has 4 rings (SSSR count). The first-order chi connectivity index (χ1) is 10.9. The highest BCUT2D eigenvalue weighted by Crippen LogP contribution is 2.29. The number of hydrogen-bond donors (Lipinski definition) is 0. The van der Waals surface area contributed by atoms with Gasteiger partial charge in [-0.15, -0.1) is 11.3 Å². The van der Waals surface area contributed by atoms with Gasteiger partial charge in [-0.2, -0.15) is 0 Å². The largest absolute Gasteiger partial charge is 0.462 e. The molecule has 1 saturated heterocycles. The minimum atomic E-state index is 0.594. The lowest BCUT2D eigenvalue weighted by molar-refractivity contribution is 0.323. The third-order valence-corrected chi connectivity index (χ3v) is 5.00. The van der Waals surface area contributed by atoms with Crippen LogP contribution in [0, 0.1) is 0 Å². The number of aromatic nitrogens is 2. The molecule has 1 aliphatic rings. The smallest absolute Gasteiger partial charge is 0.162 e. The Balaban J connectivity index is 1.41. The Bertz CT molecular complexity index is 723. The number of thiazole rings is 1. The third kappa shape index (κ3) is 2.82. The van der Waals surface area contributed by atoms with Crippen LogP contribution in [0.2, 0.25) is 0 Å². The maximum atomic E-state index is 5.41. The first-order valence-electron chi connectivity index (χ1n) is 7.49. The molecule has 112 valence electrons. The Morgan fingerprint density at radius 2 is 2.32 bits per heavy atom. The van der Waals surface area contributed by atoms with Crippen LogP contribution >= 0.6 is 11.3 Å². The van der Waals surface area contributed by atoms with Crippen molar-refractivity contribution in [3.8, 4) is 10.8 Å². The van der Waals surface area contributed by atoms with E-state index in [1.54, 1.807) is 17.6 Å². The molecule has 0 bridgehead atoms. The summed E-state index contributed by atoms with van der Waals surface area (Å²) >= 11 is 1.65. The summed E-state index contributed by atoms with van der Waals surface area (Å²) in [6, 6.07) is 8.05. The van der Waals surface area contributed by atoms with Crippen LogP contribution in [-0.4, -0.2) is 28.0 Å². The van der Waals surface area contributed by atoms with Crippen molar-refractivity contribution in [2.45, 2.75) is 18.9 Å². The summed E-state index contributed by atoms with van der Waals surface area (Å²) in [5.74, 6) is 1.45. The number of pyridine rings is 1. The van der Waals surface area contributed by atoms with Crippen molar-refractivity contribution in [3.63, 3.8) is 0 Å². The normalized spacial score (nSPS) is 18.8. The van der Waals surface area contributed by atoms with Crippen LogP contribution in [0.3, 0.4) is 0 Å². The Morgan fingerprint density at radius 3 is 3.14 bits per heavy atom. The molecule has 4 nitrogen and oxygen atoms in total. The van der Waals surface area contributed by atoms with Gasteiger partial charge in [0.05, 0.1) is 12.0 Å². The van der Waals surface area contributed by atoms with Gasteiger partial charge in [-0.05, 0) is 42.6 Å². The van der Waals surface area contributed by atoms with Gasteiger partial charge in [0.15, 0.2) is 10.8 Å². The average Bonchev–Trinajstić information content (AvgIpc) is 3.30. The zero-order chi connectivity index (χ0) is 14.8. The summed E-state index contributed by atoms with van der Waals surface area (Å²) in [7, 11) is 0. The molecule has 0 aliphatic carbocycles. The summed E-state index contributed by atoms with van der Waals surface area (Å²) in [6.45, 7) is 3.11. The van der Waals surface area contributed by atoms with Gasteiger partial charge >= 0.3 is 0 Å². The summed E-state index contributed by atoms with van der Waals surface area (Å²) in [6.07, 6.45) is 6.71. The van der Waals surface area contributed by atoms with Crippen LogP contribution < -0.4 is 0 Å². The molecule has 1 atom stereocenters. The second-order valence-electron chi connectivity index (χ2n) is 5.63. The molecule has 4 heterocycles. The molecule has 22 heavy (non-hydrogen) atoms. The van der Waals surface area contributed by atoms with Crippen LogP contribution in [0.1, 0.15) is 23.6 Å². The molecule has 5 heteroatoms. The van der Waals surface area contributed by atoms with E-state index in [0.717, 1.165) is 36.1 Å². The van der Waals surface area contributed by atoms with E-state index in [-0.39, 0.29) is 0 Å². The predicted molar refractivity (Wildman–Crippen MR) is 86.7 cm³/mol. The highest BCUT2D eigenvalue weighted by molar-refractivity contribution is 7.13. The number of likely N-dealkylation sites (tertiary alicyclic amines) is 1. The molecule has 0 spiro atoms. The lowest BCUT2D eigenvalue weighted by Crippen LogP contribution is -2.19. The zero-order valence-electron chi connectivity index (χ0n) is 12.2. The van der Waals surface area contributed by atoms with Crippen LogP contribution in [0.4, 0.5) is 0 Å². The van der Waals surface area contributed by atoms with Crippen molar-refractivity contribution in [1.82, 2.24) is 14.9 Å². The molecule has 0 amide bonds.